The maximum Gasteiger partial charge on any atom is 0.329 e. The Balaban J connectivity index is 1.35. The maximum atomic E-state index is 12.8. The van der Waals surface area contributed by atoms with E-state index in [1.807, 2.05) is 25.1 Å². The highest BCUT2D eigenvalue weighted by Gasteiger charge is 2.62. The number of ether oxygens (including phenoxy) is 1. The Kier molecular flexibility index (Phi) is 5.15. The molecule has 0 unspecified atom stereocenters. The van der Waals surface area contributed by atoms with Gasteiger partial charge in [0.15, 0.2) is 6.61 Å². The largest absolute Gasteiger partial charge is 0.454 e. The van der Waals surface area contributed by atoms with Crippen LogP contribution in [0.25, 0.3) is 0 Å². The van der Waals surface area contributed by atoms with Gasteiger partial charge in [-0.15, -0.1) is 0 Å². The Morgan fingerprint density at radius 3 is 2.38 bits per heavy atom. The number of imide groups is 1. The van der Waals surface area contributed by atoms with Crippen molar-refractivity contribution in [2.75, 3.05) is 11.9 Å². The number of likely N-dealkylation sites (tertiary alicyclic amines) is 1. The molecule has 3 amide bonds. The van der Waals surface area contributed by atoms with E-state index in [2.05, 4.69) is 5.32 Å². The molecule has 0 radical (unpaired) electrons. The van der Waals surface area contributed by atoms with Crippen LogP contribution in [0.4, 0.5) is 5.69 Å². The lowest BCUT2D eigenvalue weighted by atomic mass is 9.81. The first kappa shape index (κ1) is 19.6. The first-order chi connectivity index (χ1) is 13.9. The molecule has 1 saturated heterocycles. The highest BCUT2D eigenvalue weighted by Crippen LogP contribution is 2.56. The molecule has 29 heavy (non-hydrogen) atoms. The Morgan fingerprint density at radius 1 is 1.14 bits per heavy atom. The zero-order valence-electron chi connectivity index (χ0n) is 16.7. The minimum Gasteiger partial charge on any atom is -0.454 e. The van der Waals surface area contributed by atoms with E-state index in [0.29, 0.717) is 5.69 Å². The Hall–Kier alpha value is -2.70. The smallest absolute Gasteiger partial charge is 0.329 e. The number of fused-ring (bicyclic) bond motifs is 5. The van der Waals surface area contributed by atoms with Crippen molar-refractivity contribution in [3.63, 3.8) is 0 Å². The monoisotopic (exact) mass is 398 g/mol. The van der Waals surface area contributed by atoms with Gasteiger partial charge in [0.2, 0.25) is 11.8 Å². The summed E-state index contributed by atoms with van der Waals surface area (Å²) in [5, 5.41) is 2.73. The lowest BCUT2D eigenvalue weighted by Crippen LogP contribution is -2.45. The number of carbonyl (C=O) groups is 4. The van der Waals surface area contributed by atoms with Crippen molar-refractivity contribution < 1.29 is 23.9 Å². The van der Waals surface area contributed by atoms with E-state index in [1.54, 1.807) is 6.07 Å². The van der Waals surface area contributed by atoms with Crippen LogP contribution in [0.5, 0.6) is 0 Å². The van der Waals surface area contributed by atoms with Crippen molar-refractivity contribution >= 4 is 29.4 Å². The highest BCUT2D eigenvalue weighted by molar-refractivity contribution is 6.08. The van der Waals surface area contributed by atoms with Crippen LogP contribution < -0.4 is 5.32 Å². The quantitative estimate of drug-likeness (QED) is 0.585. The predicted molar refractivity (Wildman–Crippen MR) is 105 cm³/mol. The van der Waals surface area contributed by atoms with Gasteiger partial charge in [-0.1, -0.05) is 25.1 Å². The van der Waals surface area contributed by atoms with E-state index in [0.717, 1.165) is 36.1 Å². The second-order valence-electron chi connectivity index (χ2n) is 8.27. The molecule has 5 atom stereocenters. The molecule has 2 saturated carbocycles. The van der Waals surface area contributed by atoms with Gasteiger partial charge >= 0.3 is 5.97 Å². The summed E-state index contributed by atoms with van der Waals surface area (Å²) in [6.07, 6.45) is 3.67. The van der Waals surface area contributed by atoms with Crippen molar-refractivity contribution in [1.82, 2.24) is 4.90 Å². The van der Waals surface area contributed by atoms with Gasteiger partial charge < -0.3 is 10.1 Å². The maximum absolute atomic E-state index is 12.8. The molecule has 4 rings (SSSR count). The molecule has 1 heterocycles. The van der Waals surface area contributed by atoms with Gasteiger partial charge in [0.25, 0.3) is 5.91 Å². The summed E-state index contributed by atoms with van der Waals surface area (Å²) in [6.45, 7) is 3.01. The fraction of sp³-hybridized carbons (Fsp3) is 0.545. The number of hydrogen-bond acceptors (Lipinski definition) is 5. The van der Waals surface area contributed by atoms with Gasteiger partial charge in [-0.25, -0.2) is 4.79 Å². The molecule has 154 valence electrons. The molecule has 0 spiro atoms. The van der Waals surface area contributed by atoms with Crippen LogP contribution in [0.2, 0.25) is 0 Å². The zero-order valence-corrected chi connectivity index (χ0v) is 16.7. The number of benzene rings is 1. The van der Waals surface area contributed by atoms with Crippen LogP contribution in [-0.2, 0) is 30.3 Å². The van der Waals surface area contributed by atoms with E-state index in [9.17, 15) is 19.2 Å². The van der Waals surface area contributed by atoms with E-state index >= 15 is 0 Å². The SMILES string of the molecule is CCc1ccccc1NC(=O)COC(=O)[C@H](C)N1C(=O)[C@@H]2[C@@H]3CC[C@@H](C3)[C@@H]2C1=O. The summed E-state index contributed by atoms with van der Waals surface area (Å²) >= 11 is 0. The number of aryl methyl sites for hydroxylation is 1. The molecule has 0 aromatic heterocycles. The molecule has 7 nitrogen and oxygen atoms in total. The van der Waals surface area contributed by atoms with Crippen molar-refractivity contribution in [2.24, 2.45) is 23.7 Å². The molecule has 3 fully saturated rings. The molecule has 7 heteroatoms. The zero-order chi connectivity index (χ0) is 20.7. The van der Waals surface area contributed by atoms with Gasteiger partial charge in [-0.3, -0.25) is 19.3 Å². The van der Waals surface area contributed by atoms with E-state index in [-0.39, 0.29) is 35.5 Å². The summed E-state index contributed by atoms with van der Waals surface area (Å²) in [5.74, 6) is -1.72. The van der Waals surface area contributed by atoms with Crippen molar-refractivity contribution in [3.05, 3.63) is 29.8 Å². The lowest BCUT2D eigenvalue weighted by Gasteiger charge is -2.23. The summed E-state index contributed by atoms with van der Waals surface area (Å²) in [7, 11) is 0. The van der Waals surface area contributed by atoms with Crippen LogP contribution in [0, 0.1) is 23.7 Å². The lowest BCUT2D eigenvalue weighted by molar-refractivity contribution is -0.159. The predicted octanol–water partition coefficient (Wildman–Crippen LogP) is 2.15. The third-order valence-corrected chi connectivity index (χ3v) is 6.71. The first-order valence-electron chi connectivity index (χ1n) is 10.3. The number of hydrogen-bond donors (Lipinski definition) is 1. The molecule has 2 bridgehead atoms. The fourth-order valence-corrected chi connectivity index (χ4v) is 5.31. The average Bonchev–Trinajstić information content (AvgIpc) is 3.40. The number of rotatable bonds is 6. The number of anilines is 1. The Labute approximate surface area is 169 Å². The first-order valence-corrected chi connectivity index (χ1v) is 10.3. The molecule has 1 aromatic carbocycles. The molecule has 3 aliphatic rings. The van der Waals surface area contributed by atoms with E-state index in [4.69, 9.17) is 4.74 Å². The van der Waals surface area contributed by atoms with E-state index < -0.39 is 24.5 Å². The molecule has 1 aliphatic heterocycles. The number of carbonyl (C=O) groups excluding carboxylic acids is 4. The topological polar surface area (TPSA) is 92.8 Å². The summed E-state index contributed by atoms with van der Waals surface area (Å²) < 4.78 is 5.11. The van der Waals surface area contributed by atoms with Crippen LogP contribution in [0.1, 0.15) is 38.7 Å². The molecular weight excluding hydrogens is 372 g/mol. The van der Waals surface area contributed by atoms with Gasteiger partial charge in [0, 0.05) is 5.69 Å². The van der Waals surface area contributed by atoms with Gasteiger partial charge in [-0.2, -0.15) is 0 Å². The molecular formula is C22H26N2O5. The van der Waals surface area contributed by atoms with Crippen molar-refractivity contribution in [3.8, 4) is 0 Å². The van der Waals surface area contributed by atoms with Crippen molar-refractivity contribution in [1.29, 1.82) is 0 Å². The third kappa shape index (κ3) is 3.32. The van der Waals surface area contributed by atoms with E-state index in [1.165, 1.54) is 6.92 Å². The van der Waals surface area contributed by atoms with Gasteiger partial charge in [-0.05, 0) is 56.1 Å². The summed E-state index contributed by atoms with van der Waals surface area (Å²) in [4.78, 5) is 51.3. The Morgan fingerprint density at radius 2 is 1.76 bits per heavy atom. The minimum absolute atomic E-state index is 0.252. The highest BCUT2D eigenvalue weighted by atomic mass is 16.5. The number of esters is 1. The summed E-state index contributed by atoms with van der Waals surface area (Å²) in [6, 6.07) is 6.39. The van der Waals surface area contributed by atoms with Gasteiger partial charge in [0.05, 0.1) is 11.8 Å². The van der Waals surface area contributed by atoms with Crippen LogP contribution in [0.15, 0.2) is 24.3 Å². The third-order valence-electron chi connectivity index (χ3n) is 6.71. The number of para-hydroxylation sites is 1. The number of nitrogens with zero attached hydrogens (tertiary/aromatic N) is 1. The fourth-order valence-electron chi connectivity index (χ4n) is 5.31. The average molecular weight is 398 g/mol. The Bertz CT molecular complexity index is 839. The minimum atomic E-state index is -1.02. The summed E-state index contributed by atoms with van der Waals surface area (Å²) in [5.41, 5.74) is 1.66. The molecule has 1 N–H and O–H groups in total. The van der Waals surface area contributed by atoms with Gasteiger partial charge in [0.1, 0.15) is 6.04 Å². The van der Waals surface area contributed by atoms with Crippen molar-refractivity contribution in [2.45, 2.75) is 45.6 Å². The second kappa shape index (κ2) is 7.61. The van der Waals surface area contributed by atoms with Crippen LogP contribution >= 0.6 is 0 Å². The van der Waals surface area contributed by atoms with Crippen LogP contribution in [-0.4, -0.2) is 41.2 Å². The van der Waals surface area contributed by atoms with Crippen LogP contribution in [0.3, 0.4) is 0 Å². The normalized spacial score (nSPS) is 28.4. The molecule has 1 aromatic rings. The molecule has 2 aliphatic carbocycles. The second-order valence-corrected chi connectivity index (χ2v) is 8.27. The number of amides is 3. The number of nitrogens with one attached hydrogen (secondary N) is 1. The standard InChI is InChI=1S/C22H26N2O5/c1-3-13-6-4-5-7-16(13)23-17(25)11-29-22(28)12(2)24-20(26)18-14-8-9-15(10-14)19(18)21(24)27/h4-7,12,14-15,18-19H,3,8-11H2,1-2H3,(H,23,25)/t12-,14-,15+,18-,19+/m0/s1.